The average molecular weight is 267 g/mol. The quantitative estimate of drug-likeness (QED) is 0.829. The van der Waals surface area contributed by atoms with Gasteiger partial charge in [0.1, 0.15) is 5.60 Å². The van der Waals surface area contributed by atoms with Crippen molar-refractivity contribution >= 4 is 12.1 Å². The second kappa shape index (κ2) is 4.25. The van der Waals surface area contributed by atoms with Gasteiger partial charge in [0.25, 0.3) is 0 Å². The molecule has 7 heteroatoms. The van der Waals surface area contributed by atoms with E-state index < -0.39 is 23.7 Å². The van der Waals surface area contributed by atoms with Crippen LogP contribution in [0.25, 0.3) is 0 Å². The van der Waals surface area contributed by atoms with Crippen molar-refractivity contribution in [1.82, 2.24) is 14.7 Å². The number of carbonyl (C=O) groups excluding carboxylic acids is 1. The van der Waals surface area contributed by atoms with E-state index in [1.165, 1.54) is 4.90 Å². The van der Waals surface area contributed by atoms with Gasteiger partial charge in [-0.25, -0.2) is 9.59 Å². The molecule has 1 N–H and O–H groups in total. The van der Waals surface area contributed by atoms with Crippen molar-refractivity contribution < 1.29 is 19.4 Å². The molecule has 7 nitrogen and oxygen atoms in total. The van der Waals surface area contributed by atoms with Gasteiger partial charge in [-0.3, -0.25) is 9.58 Å². The van der Waals surface area contributed by atoms with Crippen molar-refractivity contribution in [2.45, 2.75) is 39.0 Å². The first-order valence-corrected chi connectivity index (χ1v) is 5.94. The van der Waals surface area contributed by atoms with Crippen LogP contribution in [0.1, 0.15) is 38.1 Å². The van der Waals surface area contributed by atoms with E-state index in [4.69, 9.17) is 4.74 Å². The first-order valence-electron chi connectivity index (χ1n) is 5.94. The monoisotopic (exact) mass is 267 g/mol. The predicted octanol–water partition coefficient (Wildman–Crippen LogP) is 1.30. The van der Waals surface area contributed by atoms with E-state index in [1.54, 1.807) is 38.7 Å². The zero-order valence-electron chi connectivity index (χ0n) is 11.4. The van der Waals surface area contributed by atoms with Crippen molar-refractivity contribution in [3.8, 4) is 0 Å². The minimum absolute atomic E-state index is 0.155. The molecule has 0 aromatic carbocycles. The topological polar surface area (TPSA) is 84.7 Å². The molecule has 0 spiro atoms. The standard InChI is InChI=1S/C12H17N3O4/c1-12(2,3)19-11(18)15-6-8-7(5-14(4)13-8)9(15)10(16)17/h5,9H,6H2,1-4H3,(H,16,17). The van der Waals surface area contributed by atoms with Gasteiger partial charge in [0.2, 0.25) is 0 Å². The molecule has 2 heterocycles. The number of amides is 1. The number of nitrogens with zero attached hydrogens (tertiary/aromatic N) is 3. The van der Waals surface area contributed by atoms with Gasteiger partial charge in [-0.1, -0.05) is 0 Å². The molecular formula is C12H17N3O4. The summed E-state index contributed by atoms with van der Waals surface area (Å²) in [5.74, 6) is -1.09. The van der Waals surface area contributed by atoms with E-state index in [9.17, 15) is 14.7 Å². The third-order valence-corrected chi connectivity index (χ3v) is 2.73. The second-order valence-electron chi connectivity index (χ2n) is 5.55. The fourth-order valence-electron chi connectivity index (χ4n) is 2.08. The number of rotatable bonds is 1. The number of aromatic nitrogens is 2. The molecule has 19 heavy (non-hydrogen) atoms. The Morgan fingerprint density at radius 3 is 2.63 bits per heavy atom. The lowest BCUT2D eigenvalue weighted by molar-refractivity contribution is -0.143. The Morgan fingerprint density at radius 1 is 1.47 bits per heavy atom. The van der Waals surface area contributed by atoms with Crippen LogP contribution in [0.5, 0.6) is 0 Å². The van der Waals surface area contributed by atoms with E-state index in [-0.39, 0.29) is 6.54 Å². The Hall–Kier alpha value is -2.05. The molecule has 1 aliphatic rings. The number of carbonyl (C=O) groups is 2. The van der Waals surface area contributed by atoms with Crippen molar-refractivity contribution in [1.29, 1.82) is 0 Å². The van der Waals surface area contributed by atoms with Crippen LogP contribution >= 0.6 is 0 Å². The van der Waals surface area contributed by atoms with Crippen LogP contribution in [0, 0.1) is 0 Å². The molecule has 1 amide bonds. The van der Waals surface area contributed by atoms with Crippen molar-refractivity contribution in [2.24, 2.45) is 7.05 Å². The van der Waals surface area contributed by atoms with Crippen LogP contribution in [0.3, 0.4) is 0 Å². The average Bonchev–Trinajstić information content (AvgIpc) is 2.69. The van der Waals surface area contributed by atoms with Crippen LogP contribution < -0.4 is 0 Å². The Kier molecular flexibility index (Phi) is 3.00. The maximum absolute atomic E-state index is 12.0. The highest BCUT2D eigenvalue weighted by Crippen LogP contribution is 2.34. The minimum atomic E-state index is -1.09. The van der Waals surface area contributed by atoms with Crippen molar-refractivity contribution in [3.05, 3.63) is 17.5 Å². The van der Waals surface area contributed by atoms with Gasteiger partial charge in [0.05, 0.1) is 12.2 Å². The lowest BCUT2D eigenvalue weighted by Gasteiger charge is -2.26. The van der Waals surface area contributed by atoms with Crippen molar-refractivity contribution in [3.63, 3.8) is 0 Å². The number of carboxylic acids is 1. The smallest absolute Gasteiger partial charge is 0.411 e. The highest BCUT2D eigenvalue weighted by molar-refractivity contribution is 5.83. The molecule has 1 unspecified atom stereocenters. The number of ether oxygens (including phenoxy) is 1. The van der Waals surface area contributed by atoms with Gasteiger partial charge in [-0.2, -0.15) is 5.10 Å². The van der Waals surface area contributed by atoms with Gasteiger partial charge >= 0.3 is 12.1 Å². The van der Waals surface area contributed by atoms with E-state index >= 15 is 0 Å². The zero-order chi connectivity index (χ0) is 14.4. The van der Waals surface area contributed by atoms with E-state index in [2.05, 4.69) is 5.10 Å². The first-order chi connectivity index (χ1) is 8.69. The summed E-state index contributed by atoms with van der Waals surface area (Å²) < 4.78 is 6.77. The van der Waals surface area contributed by atoms with Gasteiger partial charge in [0, 0.05) is 18.8 Å². The second-order valence-corrected chi connectivity index (χ2v) is 5.55. The Balaban J connectivity index is 2.26. The highest BCUT2D eigenvalue weighted by atomic mass is 16.6. The summed E-state index contributed by atoms with van der Waals surface area (Å²) in [6, 6.07) is -1.03. The zero-order valence-corrected chi connectivity index (χ0v) is 11.4. The third-order valence-electron chi connectivity index (χ3n) is 2.73. The number of hydrogen-bond donors (Lipinski definition) is 1. The molecule has 1 aromatic heterocycles. The SMILES string of the molecule is Cn1cc2c(n1)CN(C(=O)OC(C)(C)C)C2C(=O)O. The molecule has 104 valence electrons. The van der Waals surface area contributed by atoms with Gasteiger partial charge in [-0.15, -0.1) is 0 Å². The summed E-state index contributed by atoms with van der Waals surface area (Å²) in [5, 5.41) is 13.5. The molecule has 0 radical (unpaired) electrons. The summed E-state index contributed by atoms with van der Waals surface area (Å²) in [7, 11) is 1.72. The predicted molar refractivity (Wildman–Crippen MR) is 65.4 cm³/mol. The lowest BCUT2D eigenvalue weighted by Crippen LogP contribution is -2.38. The van der Waals surface area contributed by atoms with Crippen LogP contribution in [0.15, 0.2) is 6.20 Å². The number of hydrogen-bond acceptors (Lipinski definition) is 4. The maximum Gasteiger partial charge on any atom is 0.411 e. The maximum atomic E-state index is 12.0. The number of aliphatic carboxylic acids is 1. The van der Waals surface area contributed by atoms with Gasteiger partial charge in [-0.05, 0) is 20.8 Å². The van der Waals surface area contributed by atoms with Crippen LogP contribution in [0.4, 0.5) is 4.79 Å². The number of aryl methyl sites for hydroxylation is 1. The summed E-state index contributed by atoms with van der Waals surface area (Å²) in [6.45, 7) is 5.37. The van der Waals surface area contributed by atoms with E-state index in [0.29, 0.717) is 11.3 Å². The van der Waals surface area contributed by atoms with E-state index in [0.717, 1.165) is 0 Å². The van der Waals surface area contributed by atoms with Crippen LogP contribution in [-0.4, -0.2) is 37.5 Å². The molecule has 1 atom stereocenters. The summed E-state index contributed by atoms with van der Waals surface area (Å²) in [4.78, 5) is 24.6. The molecule has 0 bridgehead atoms. The Bertz CT molecular complexity index is 530. The van der Waals surface area contributed by atoms with Crippen LogP contribution in [0.2, 0.25) is 0 Å². The van der Waals surface area contributed by atoms with Gasteiger partial charge < -0.3 is 9.84 Å². The molecule has 0 aliphatic carbocycles. The summed E-state index contributed by atoms with van der Waals surface area (Å²) >= 11 is 0. The lowest BCUT2D eigenvalue weighted by atomic mass is 10.1. The molecule has 0 fully saturated rings. The molecule has 0 saturated carbocycles. The first kappa shape index (κ1) is 13.4. The largest absolute Gasteiger partial charge is 0.479 e. The highest BCUT2D eigenvalue weighted by Gasteiger charge is 2.42. The Labute approximate surface area is 110 Å². The fraction of sp³-hybridized carbons (Fsp3) is 0.583. The number of fused-ring (bicyclic) bond motifs is 1. The minimum Gasteiger partial charge on any atom is -0.479 e. The summed E-state index contributed by atoms with van der Waals surface area (Å²) in [5.41, 5.74) is 0.479. The third kappa shape index (κ3) is 2.54. The van der Waals surface area contributed by atoms with Crippen molar-refractivity contribution in [2.75, 3.05) is 0 Å². The fourth-order valence-corrected chi connectivity index (χ4v) is 2.08. The molecule has 2 rings (SSSR count). The molecular weight excluding hydrogens is 250 g/mol. The number of carboxylic acid groups (broad SMARTS) is 1. The molecule has 0 saturated heterocycles. The summed E-state index contributed by atoms with van der Waals surface area (Å²) in [6.07, 6.45) is 0.985. The Morgan fingerprint density at radius 2 is 2.11 bits per heavy atom. The van der Waals surface area contributed by atoms with Crippen LogP contribution in [-0.2, 0) is 23.1 Å². The normalized spacial score (nSPS) is 18.3. The molecule has 1 aliphatic heterocycles. The van der Waals surface area contributed by atoms with E-state index in [1.807, 2.05) is 0 Å². The molecule has 1 aromatic rings. The van der Waals surface area contributed by atoms with Gasteiger partial charge in [0.15, 0.2) is 6.04 Å².